The molecule has 0 spiro atoms. The summed E-state index contributed by atoms with van der Waals surface area (Å²) in [4.78, 5) is 4.35. The summed E-state index contributed by atoms with van der Waals surface area (Å²) in [6.07, 6.45) is 0.403. The van der Waals surface area contributed by atoms with Crippen LogP contribution in [0.25, 0.3) is 0 Å². The monoisotopic (exact) mass is 188 g/mol. The molecule has 2 heterocycles. The average Bonchev–Trinajstić information content (AvgIpc) is 2.87. The van der Waals surface area contributed by atoms with Crippen molar-refractivity contribution in [2.75, 3.05) is 13.1 Å². The van der Waals surface area contributed by atoms with E-state index in [-0.39, 0.29) is 12.2 Å². The van der Waals surface area contributed by atoms with Gasteiger partial charge in [-0.15, -0.1) is 0 Å². The van der Waals surface area contributed by atoms with E-state index in [9.17, 15) is 0 Å². The molecule has 3 nitrogen and oxygen atoms in total. The number of hydrogen-bond donors (Lipinski definition) is 1. The van der Waals surface area contributed by atoms with Gasteiger partial charge in [-0.3, -0.25) is 4.99 Å². The van der Waals surface area contributed by atoms with E-state index in [4.69, 9.17) is 4.74 Å². The predicted molar refractivity (Wildman–Crippen MR) is 54.4 cm³/mol. The summed E-state index contributed by atoms with van der Waals surface area (Å²) in [5.74, 6) is 1.03. The van der Waals surface area contributed by atoms with Crippen molar-refractivity contribution in [3.05, 3.63) is 35.9 Å². The highest BCUT2D eigenvalue weighted by atomic mass is 16.6. The third kappa shape index (κ3) is 1.30. The van der Waals surface area contributed by atoms with Gasteiger partial charge in [0.05, 0.1) is 6.54 Å². The van der Waals surface area contributed by atoms with Gasteiger partial charge in [0.15, 0.2) is 0 Å². The molecular weight excluding hydrogens is 176 g/mol. The van der Waals surface area contributed by atoms with Gasteiger partial charge < -0.3 is 10.1 Å². The standard InChI is InChI=1S/C11H12N2O/c1-2-4-8(5-3-1)9-10(14-9)11-12-6-7-13-11/h1-5,9-10H,6-7H2,(H,12,13)/t9-,10-/m1/s1. The van der Waals surface area contributed by atoms with Crippen LogP contribution in [0.2, 0.25) is 0 Å². The van der Waals surface area contributed by atoms with Crippen molar-refractivity contribution in [3.8, 4) is 0 Å². The van der Waals surface area contributed by atoms with Crippen LogP contribution < -0.4 is 5.32 Å². The van der Waals surface area contributed by atoms with Crippen molar-refractivity contribution >= 4 is 5.84 Å². The summed E-state index contributed by atoms with van der Waals surface area (Å²) in [7, 11) is 0. The lowest BCUT2D eigenvalue weighted by atomic mass is 10.1. The van der Waals surface area contributed by atoms with Gasteiger partial charge in [0.2, 0.25) is 0 Å². The zero-order chi connectivity index (χ0) is 9.38. The van der Waals surface area contributed by atoms with Crippen molar-refractivity contribution in [1.29, 1.82) is 0 Å². The molecule has 0 bridgehead atoms. The van der Waals surface area contributed by atoms with Gasteiger partial charge in [0, 0.05) is 6.54 Å². The Bertz CT molecular complexity index is 361. The second kappa shape index (κ2) is 3.10. The normalized spacial score (nSPS) is 29.6. The lowest BCUT2D eigenvalue weighted by Gasteiger charge is -1.96. The third-order valence-corrected chi connectivity index (χ3v) is 2.59. The molecule has 0 radical (unpaired) electrons. The van der Waals surface area contributed by atoms with Crippen LogP contribution in [0.3, 0.4) is 0 Å². The molecule has 2 atom stereocenters. The topological polar surface area (TPSA) is 36.9 Å². The number of hydrogen-bond acceptors (Lipinski definition) is 3. The van der Waals surface area contributed by atoms with Gasteiger partial charge in [-0.1, -0.05) is 30.3 Å². The molecule has 3 heteroatoms. The van der Waals surface area contributed by atoms with E-state index in [2.05, 4.69) is 22.4 Å². The summed E-state index contributed by atoms with van der Waals surface area (Å²) in [5.41, 5.74) is 1.24. The lowest BCUT2D eigenvalue weighted by molar-refractivity contribution is 0.398. The van der Waals surface area contributed by atoms with Gasteiger partial charge in [-0.05, 0) is 5.56 Å². The molecule has 2 aliphatic heterocycles. The van der Waals surface area contributed by atoms with E-state index in [1.807, 2.05) is 18.2 Å². The van der Waals surface area contributed by atoms with Crippen LogP contribution in [-0.4, -0.2) is 25.0 Å². The molecule has 14 heavy (non-hydrogen) atoms. The minimum Gasteiger partial charge on any atom is -0.370 e. The molecule has 1 aromatic rings. The maximum Gasteiger partial charge on any atom is 0.146 e. The van der Waals surface area contributed by atoms with E-state index in [0.717, 1.165) is 18.9 Å². The largest absolute Gasteiger partial charge is 0.370 e. The molecule has 2 aliphatic rings. The molecule has 0 aliphatic carbocycles. The zero-order valence-corrected chi connectivity index (χ0v) is 7.81. The molecule has 1 saturated heterocycles. The number of nitrogens with one attached hydrogen (secondary N) is 1. The molecule has 0 amide bonds. The van der Waals surface area contributed by atoms with Gasteiger partial charge in [0.25, 0.3) is 0 Å². The SMILES string of the molecule is c1ccc([C@H]2O[C@H]2C2=NCCN2)cc1. The second-order valence-electron chi connectivity index (χ2n) is 3.58. The van der Waals surface area contributed by atoms with E-state index in [0.29, 0.717) is 0 Å². The molecule has 72 valence electrons. The Balaban J connectivity index is 1.74. The molecule has 3 rings (SSSR count). The minimum atomic E-state index is 0.180. The van der Waals surface area contributed by atoms with Crippen molar-refractivity contribution < 1.29 is 4.74 Å². The van der Waals surface area contributed by atoms with Crippen LogP contribution in [0.4, 0.5) is 0 Å². The summed E-state index contributed by atoms with van der Waals surface area (Å²) in [6.45, 7) is 1.84. The highest BCUT2D eigenvalue weighted by Gasteiger charge is 2.44. The Morgan fingerprint density at radius 1 is 1.21 bits per heavy atom. The molecule has 0 saturated carbocycles. The number of amidine groups is 1. The van der Waals surface area contributed by atoms with Gasteiger partial charge >= 0.3 is 0 Å². The van der Waals surface area contributed by atoms with E-state index < -0.39 is 0 Å². The smallest absolute Gasteiger partial charge is 0.146 e. The van der Waals surface area contributed by atoms with E-state index in [1.165, 1.54) is 5.56 Å². The number of ether oxygens (including phenoxy) is 1. The first kappa shape index (κ1) is 8.00. The summed E-state index contributed by atoms with van der Waals surface area (Å²) >= 11 is 0. The first-order valence-electron chi connectivity index (χ1n) is 4.94. The minimum absolute atomic E-state index is 0.180. The van der Waals surface area contributed by atoms with Crippen LogP contribution in [0.1, 0.15) is 11.7 Å². The fourth-order valence-electron chi connectivity index (χ4n) is 1.82. The van der Waals surface area contributed by atoms with Crippen molar-refractivity contribution in [1.82, 2.24) is 5.32 Å². The highest BCUT2D eigenvalue weighted by Crippen LogP contribution is 2.39. The fourth-order valence-corrected chi connectivity index (χ4v) is 1.82. The summed E-state index contributed by atoms with van der Waals surface area (Å²) in [5, 5.41) is 3.24. The molecule has 0 unspecified atom stereocenters. The summed E-state index contributed by atoms with van der Waals surface area (Å²) in [6, 6.07) is 10.3. The van der Waals surface area contributed by atoms with Crippen molar-refractivity contribution in [2.45, 2.75) is 12.2 Å². The number of benzene rings is 1. The van der Waals surface area contributed by atoms with E-state index in [1.54, 1.807) is 0 Å². The Labute approximate surface area is 82.8 Å². The van der Waals surface area contributed by atoms with Crippen LogP contribution in [0, 0.1) is 0 Å². The molecule has 1 fully saturated rings. The van der Waals surface area contributed by atoms with E-state index >= 15 is 0 Å². The quantitative estimate of drug-likeness (QED) is 0.706. The highest BCUT2D eigenvalue weighted by molar-refractivity contribution is 5.90. The number of rotatable bonds is 2. The van der Waals surface area contributed by atoms with Crippen LogP contribution >= 0.6 is 0 Å². The average molecular weight is 188 g/mol. The summed E-state index contributed by atoms with van der Waals surface area (Å²) < 4.78 is 5.59. The molecule has 1 N–H and O–H groups in total. The predicted octanol–water partition coefficient (Wildman–Crippen LogP) is 1.13. The number of aliphatic imine (C=N–C) groups is 1. The Morgan fingerprint density at radius 2 is 2.07 bits per heavy atom. The van der Waals surface area contributed by atoms with Gasteiger partial charge in [-0.25, -0.2) is 0 Å². The van der Waals surface area contributed by atoms with Crippen molar-refractivity contribution in [3.63, 3.8) is 0 Å². The zero-order valence-electron chi connectivity index (χ0n) is 7.81. The number of epoxide rings is 1. The first-order chi connectivity index (χ1) is 6.95. The van der Waals surface area contributed by atoms with Crippen LogP contribution in [0.15, 0.2) is 35.3 Å². The second-order valence-corrected chi connectivity index (χ2v) is 3.58. The molecule has 1 aromatic carbocycles. The first-order valence-corrected chi connectivity index (χ1v) is 4.94. The third-order valence-electron chi connectivity index (χ3n) is 2.59. The van der Waals surface area contributed by atoms with Gasteiger partial charge in [-0.2, -0.15) is 0 Å². The van der Waals surface area contributed by atoms with Crippen molar-refractivity contribution in [2.24, 2.45) is 4.99 Å². The fraction of sp³-hybridized carbons (Fsp3) is 0.364. The number of nitrogens with zero attached hydrogens (tertiary/aromatic N) is 1. The Kier molecular flexibility index (Phi) is 1.77. The molecular formula is C11H12N2O. The lowest BCUT2D eigenvalue weighted by Crippen LogP contribution is -2.23. The van der Waals surface area contributed by atoms with Gasteiger partial charge in [0.1, 0.15) is 18.0 Å². The Morgan fingerprint density at radius 3 is 2.79 bits per heavy atom. The molecule has 0 aromatic heterocycles. The Hall–Kier alpha value is -1.35. The van der Waals surface area contributed by atoms with Crippen LogP contribution in [-0.2, 0) is 4.74 Å². The van der Waals surface area contributed by atoms with Crippen LogP contribution in [0.5, 0.6) is 0 Å². The maximum absolute atomic E-state index is 5.59. The maximum atomic E-state index is 5.59.